The molecule has 8 aromatic carbocycles. The minimum absolute atomic E-state index is 0.000125. The van der Waals surface area contributed by atoms with Crippen LogP contribution in [-0.4, -0.2) is 0 Å². The molecule has 0 fully saturated rings. The van der Waals surface area contributed by atoms with Gasteiger partial charge in [-0.15, -0.1) is 0 Å². The van der Waals surface area contributed by atoms with E-state index in [-0.39, 0.29) is 65.7 Å². The maximum absolute atomic E-state index is 9.58. The summed E-state index contributed by atoms with van der Waals surface area (Å²) in [6, 6.07) is -3.14. The molecule has 9 rings (SSSR count). The SMILES string of the molecule is [2H]c1c([2H])c([2H])c(-c2ccc3c(-c4c([2H])c([2H])c([2H])c([2H])c4[2H])c4ccccc4c(-c4c([2H])c([2H])c(-c5c([2H])c([2H])c6oc7c([2H])c([2H])c([2H])c([2H])c7c6c5[2H])c([2H])c4[2H])c3c2)c([2H])c1[2H]. The second-order valence-corrected chi connectivity index (χ2v) is 10.1. The number of hydrogen-bond acceptors (Lipinski definition) is 1. The molecule has 0 N–H and O–H groups in total. The lowest BCUT2D eigenvalue weighted by atomic mass is 9.84. The summed E-state index contributed by atoms with van der Waals surface area (Å²) in [7, 11) is 0. The summed E-state index contributed by atoms with van der Waals surface area (Å²) in [6.07, 6.45) is 0. The first kappa shape index (κ1) is 12.2. The summed E-state index contributed by atoms with van der Waals surface area (Å²) in [5.74, 6) is 0. The molecule has 0 bridgehead atoms. The number of hydrogen-bond donors (Lipinski definition) is 0. The second-order valence-electron chi connectivity index (χ2n) is 10.1. The summed E-state index contributed by atoms with van der Waals surface area (Å²) in [4.78, 5) is 0. The summed E-state index contributed by atoms with van der Waals surface area (Å²) in [6.45, 7) is 0. The fraction of sp³-hybridized carbons (Fsp3) is 0. The molecule has 0 aliphatic rings. The molecule has 210 valence electrons. The third-order valence-electron chi connectivity index (χ3n) is 7.57. The molecule has 1 aromatic heterocycles. The molecular weight excluding hydrogens is 544 g/mol. The highest BCUT2D eigenvalue weighted by molar-refractivity contribution is 6.22. The molecule has 0 aliphatic heterocycles. The maximum atomic E-state index is 9.58. The fourth-order valence-corrected chi connectivity index (χ4v) is 5.63. The largest absolute Gasteiger partial charge is 0.456 e. The van der Waals surface area contributed by atoms with Crippen LogP contribution >= 0.6 is 0 Å². The topological polar surface area (TPSA) is 13.1 Å². The Hall–Kier alpha value is -5.92. The molecule has 1 heteroatoms. The van der Waals surface area contributed by atoms with Gasteiger partial charge in [-0.3, -0.25) is 0 Å². The van der Waals surface area contributed by atoms with Gasteiger partial charge >= 0.3 is 0 Å². The molecule has 0 amide bonds. The standard InChI is InChI=1S/C44H28O/c1-3-11-29(12-4-1)33-23-25-38-40(28-33)44(37-17-8-7-16-36(37)43(38)31-13-5-2-6-14-31)32-21-19-30(20-22-32)34-24-26-42-39(27-34)35-15-9-10-18-41(35)45-42/h1-28H/i1D,2D,3D,4D,5D,6D,9D,10D,11D,12D,13D,14D,15D,18D,19D,20D,21D,22D,24D,26D,27D. The summed E-state index contributed by atoms with van der Waals surface area (Å²) < 4.78 is 190. The molecule has 45 heavy (non-hydrogen) atoms. The lowest BCUT2D eigenvalue weighted by Gasteiger charge is -2.19. The molecule has 0 spiro atoms. The van der Waals surface area contributed by atoms with Gasteiger partial charge in [0.15, 0.2) is 0 Å². The number of fused-ring (bicyclic) bond motifs is 5. The van der Waals surface area contributed by atoms with E-state index in [4.69, 9.17) is 26.3 Å². The smallest absolute Gasteiger partial charge is 0.135 e. The van der Waals surface area contributed by atoms with E-state index in [1.165, 1.54) is 18.2 Å². The highest BCUT2D eigenvalue weighted by Gasteiger charge is 2.18. The average molecular weight is 594 g/mol. The molecule has 1 heterocycles. The van der Waals surface area contributed by atoms with Crippen LogP contribution in [0.15, 0.2) is 174 Å². The number of benzene rings is 8. The van der Waals surface area contributed by atoms with Crippen molar-refractivity contribution < 1.29 is 33.2 Å². The van der Waals surface area contributed by atoms with E-state index in [0.29, 0.717) is 0 Å². The van der Waals surface area contributed by atoms with Crippen molar-refractivity contribution in [3.8, 4) is 44.5 Å². The van der Waals surface area contributed by atoms with Gasteiger partial charge in [0, 0.05) is 10.8 Å². The van der Waals surface area contributed by atoms with Crippen LogP contribution in [0.4, 0.5) is 0 Å². The van der Waals surface area contributed by atoms with Gasteiger partial charge in [0.25, 0.3) is 0 Å². The van der Waals surface area contributed by atoms with Crippen LogP contribution in [0.5, 0.6) is 0 Å². The zero-order valence-electron chi connectivity index (χ0n) is 43.9. The van der Waals surface area contributed by atoms with Gasteiger partial charge in [-0.1, -0.05) is 145 Å². The van der Waals surface area contributed by atoms with Crippen LogP contribution in [0, 0.1) is 0 Å². The first-order valence-electron chi connectivity index (χ1n) is 24.2. The monoisotopic (exact) mass is 593 g/mol. The van der Waals surface area contributed by atoms with Crippen molar-refractivity contribution in [3.63, 3.8) is 0 Å². The molecule has 0 atom stereocenters. The van der Waals surface area contributed by atoms with Crippen LogP contribution in [0.25, 0.3) is 88.0 Å². The zero-order chi connectivity index (χ0) is 48.0. The highest BCUT2D eigenvalue weighted by atomic mass is 16.3. The van der Waals surface area contributed by atoms with E-state index in [1.54, 1.807) is 24.3 Å². The summed E-state index contributed by atoms with van der Waals surface area (Å²) >= 11 is 0. The zero-order valence-corrected chi connectivity index (χ0v) is 22.9. The van der Waals surface area contributed by atoms with Crippen LogP contribution in [0.2, 0.25) is 0 Å². The third kappa shape index (κ3) is 4.24. The van der Waals surface area contributed by atoms with E-state index in [0.717, 1.165) is 0 Å². The quantitative estimate of drug-likeness (QED) is 0.185. The van der Waals surface area contributed by atoms with Crippen molar-refractivity contribution in [1.82, 2.24) is 0 Å². The lowest BCUT2D eigenvalue weighted by Crippen LogP contribution is -1.92. The summed E-state index contributed by atoms with van der Waals surface area (Å²) in [5.41, 5.74) is -2.59. The molecule has 9 aromatic rings. The number of furan rings is 1. The maximum Gasteiger partial charge on any atom is 0.135 e. The van der Waals surface area contributed by atoms with E-state index >= 15 is 0 Å². The van der Waals surface area contributed by atoms with E-state index < -0.39 is 149 Å². The van der Waals surface area contributed by atoms with Gasteiger partial charge in [0.2, 0.25) is 0 Å². The van der Waals surface area contributed by atoms with Crippen molar-refractivity contribution in [1.29, 1.82) is 0 Å². The van der Waals surface area contributed by atoms with Gasteiger partial charge in [0.05, 0.1) is 28.8 Å². The van der Waals surface area contributed by atoms with E-state index in [2.05, 4.69) is 0 Å². The Morgan fingerprint density at radius 1 is 0.356 bits per heavy atom. The normalized spacial score (nSPS) is 18.1. The predicted octanol–water partition coefficient (Wildman–Crippen LogP) is 12.6. The second kappa shape index (κ2) is 10.4. The van der Waals surface area contributed by atoms with Gasteiger partial charge in [-0.05, 0) is 90.2 Å². The van der Waals surface area contributed by atoms with Gasteiger partial charge in [-0.25, -0.2) is 0 Å². The van der Waals surface area contributed by atoms with Crippen molar-refractivity contribution >= 4 is 43.5 Å². The van der Waals surface area contributed by atoms with Crippen LogP contribution in [-0.2, 0) is 0 Å². The van der Waals surface area contributed by atoms with Crippen molar-refractivity contribution in [2.45, 2.75) is 0 Å². The van der Waals surface area contributed by atoms with Gasteiger partial charge < -0.3 is 4.42 Å². The predicted molar refractivity (Wildman–Crippen MR) is 190 cm³/mol. The Kier molecular flexibility index (Phi) is 2.82. The van der Waals surface area contributed by atoms with E-state index in [9.17, 15) is 6.85 Å². The van der Waals surface area contributed by atoms with Crippen LogP contribution in [0.1, 0.15) is 28.8 Å². The van der Waals surface area contributed by atoms with Crippen LogP contribution in [0.3, 0.4) is 0 Å². The Morgan fingerprint density at radius 2 is 0.889 bits per heavy atom. The minimum Gasteiger partial charge on any atom is -0.456 e. The molecule has 0 saturated carbocycles. The molecule has 0 aliphatic carbocycles. The Morgan fingerprint density at radius 3 is 1.64 bits per heavy atom. The van der Waals surface area contributed by atoms with Gasteiger partial charge in [0.1, 0.15) is 11.2 Å². The third-order valence-corrected chi connectivity index (χ3v) is 7.57. The van der Waals surface area contributed by atoms with Gasteiger partial charge in [-0.2, -0.15) is 0 Å². The van der Waals surface area contributed by atoms with Crippen molar-refractivity contribution in [2.75, 3.05) is 0 Å². The van der Waals surface area contributed by atoms with Crippen molar-refractivity contribution in [2.24, 2.45) is 0 Å². The van der Waals surface area contributed by atoms with Crippen LogP contribution < -0.4 is 0 Å². The van der Waals surface area contributed by atoms with E-state index in [1.807, 2.05) is 0 Å². The number of para-hydroxylation sites is 1. The first-order valence-corrected chi connectivity index (χ1v) is 13.7. The highest BCUT2D eigenvalue weighted by Crippen LogP contribution is 2.45. The Bertz CT molecular complexity index is 3640. The van der Waals surface area contributed by atoms with Crippen molar-refractivity contribution in [3.05, 3.63) is 169 Å². The Labute approximate surface area is 291 Å². The summed E-state index contributed by atoms with van der Waals surface area (Å²) in [5, 5.41) is 0.0582. The molecule has 0 saturated heterocycles. The molecule has 0 unspecified atom stereocenters. The molecular formula is C44H28O. The first-order chi connectivity index (χ1) is 31.1. The number of rotatable bonds is 4. The molecule has 1 nitrogen and oxygen atoms in total. The Balaban J connectivity index is 1.45. The fourth-order valence-electron chi connectivity index (χ4n) is 5.63. The average Bonchev–Trinajstić information content (AvgIpc) is 3.72. The lowest BCUT2D eigenvalue weighted by molar-refractivity contribution is 0.669. The minimum atomic E-state index is -0.782. The molecule has 0 radical (unpaired) electrons.